The maximum Gasteiger partial charge on any atom is 0.159 e. The summed E-state index contributed by atoms with van der Waals surface area (Å²) in [5, 5.41) is 9.45. The molecule has 1 unspecified atom stereocenters. The quantitative estimate of drug-likeness (QED) is 0.722. The standard InChI is InChI=1S/C15H24O3/c1-4-14(10-11-18-15(2,3)16)17-12-13-8-6-5-7-9-13/h5-9,14,16H,4,10-12H2,1-3H3. The summed E-state index contributed by atoms with van der Waals surface area (Å²) >= 11 is 0. The molecule has 0 heterocycles. The van der Waals surface area contributed by atoms with Crippen LogP contribution in [0.1, 0.15) is 39.2 Å². The topological polar surface area (TPSA) is 38.7 Å². The number of rotatable bonds is 8. The van der Waals surface area contributed by atoms with Gasteiger partial charge in [0.25, 0.3) is 0 Å². The fourth-order valence-corrected chi connectivity index (χ4v) is 1.63. The molecule has 0 saturated heterocycles. The summed E-state index contributed by atoms with van der Waals surface area (Å²) in [5.74, 6) is -1.06. The van der Waals surface area contributed by atoms with E-state index in [-0.39, 0.29) is 6.10 Å². The Morgan fingerprint density at radius 2 is 1.89 bits per heavy atom. The van der Waals surface area contributed by atoms with E-state index >= 15 is 0 Å². The zero-order chi connectivity index (χ0) is 13.4. The molecular formula is C15H24O3. The van der Waals surface area contributed by atoms with Gasteiger partial charge < -0.3 is 14.6 Å². The minimum Gasteiger partial charge on any atom is -0.373 e. The van der Waals surface area contributed by atoms with Gasteiger partial charge in [0.2, 0.25) is 0 Å². The van der Waals surface area contributed by atoms with E-state index < -0.39 is 5.79 Å². The third kappa shape index (κ3) is 6.74. The fourth-order valence-electron chi connectivity index (χ4n) is 1.63. The van der Waals surface area contributed by atoms with Crippen molar-refractivity contribution in [2.75, 3.05) is 6.61 Å². The monoisotopic (exact) mass is 252 g/mol. The molecule has 0 radical (unpaired) electrons. The molecule has 0 aromatic heterocycles. The second-order valence-corrected chi connectivity index (χ2v) is 4.91. The van der Waals surface area contributed by atoms with Crippen molar-refractivity contribution < 1.29 is 14.6 Å². The molecular weight excluding hydrogens is 228 g/mol. The minimum absolute atomic E-state index is 0.174. The molecule has 0 aliphatic heterocycles. The number of hydrogen-bond donors (Lipinski definition) is 1. The highest BCUT2D eigenvalue weighted by atomic mass is 16.6. The molecule has 0 saturated carbocycles. The second-order valence-electron chi connectivity index (χ2n) is 4.91. The molecule has 3 nitrogen and oxygen atoms in total. The Morgan fingerprint density at radius 3 is 2.44 bits per heavy atom. The Labute approximate surface area is 110 Å². The van der Waals surface area contributed by atoms with Gasteiger partial charge in [0.15, 0.2) is 5.79 Å². The van der Waals surface area contributed by atoms with Crippen molar-refractivity contribution in [3.63, 3.8) is 0 Å². The Bertz CT molecular complexity index is 316. The first-order valence-electron chi connectivity index (χ1n) is 6.53. The summed E-state index contributed by atoms with van der Waals surface area (Å²) in [4.78, 5) is 0. The third-order valence-corrected chi connectivity index (χ3v) is 2.68. The smallest absolute Gasteiger partial charge is 0.159 e. The summed E-state index contributed by atoms with van der Waals surface area (Å²) in [6.45, 7) is 6.51. The van der Waals surface area contributed by atoms with Gasteiger partial charge in [0.05, 0.1) is 19.3 Å². The van der Waals surface area contributed by atoms with Crippen LogP contribution in [0.4, 0.5) is 0 Å². The fraction of sp³-hybridized carbons (Fsp3) is 0.600. The van der Waals surface area contributed by atoms with Crippen LogP contribution in [0, 0.1) is 0 Å². The van der Waals surface area contributed by atoms with Gasteiger partial charge >= 0.3 is 0 Å². The molecule has 1 atom stereocenters. The van der Waals surface area contributed by atoms with Crippen molar-refractivity contribution in [3.8, 4) is 0 Å². The van der Waals surface area contributed by atoms with Crippen LogP contribution in [0.25, 0.3) is 0 Å². The Kier molecular flexibility index (Phi) is 6.33. The van der Waals surface area contributed by atoms with Gasteiger partial charge in [0.1, 0.15) is 0 Å². The van der Waals surface area contributed by atoms with E-state index in [0.29, 0.717) is 13.2 Å². The van der Waals surface area contributed by atoms with Crippen molar-refractivity contribution in [1.29, 1.82) is 0 Å². The Morgan fingerprint density at radius 1 is 1.22 bits per heavy atom. The van der Waals surface area contributed by atoms with Crippen LogP contribution in [0.5, 0.6) is 0 Å². The molecule has 0 spiro atoms. The van der Waals surface area contributed by atoms with Crippen molar-refractivity contribution in [3.05, 3.63) is 35.9 Å². The van der Waals surface area contributed by atoms with E-state index in [9.17, 15) is 5.11 Å². The first-order chi connectivity index (χ1) is 8.51. The lowest BCUT2D eigenvalue weighted by molar-refractivity contribution is -0.180. The molecule has 0 bridgehead atoms. The van der Waals surface area contributed by atoms with Gasteiger partial charge in [0, 0.05) is 0 Å². The summed E-state index contributed by atoms with van der Waals surface area (Å²) in [5.41, 5.74) is 1.18. The van der Waals surface area contributed by atoms with Crippen LogP contribution >= 0.6 is 0 Å². The van der Waals surface area contributed by atoms with E-state index in [2.05, 4.69) is 19.1 Å². The average molecular weight is 252 g/mol. The Hall–Kier alpha value is -0.900. The minimum atomic E-state index is -1.06. The number of aliphatic hydroxyl groups is 1. The zero-order valence-corrected chi connectivity index (χ0v) is 11.6. The predicted molar refractivity (Wildman–Crippen MR) is 72.2 cm³/mol. The van der Waals surface area contributed by atoms with Crippen molar-refractivity contribution in [2.24, 2.45) is 0 Å². The van der Waals surface area contributed by atoms with Crippen LogP contribution in [-0.2, 0) is 16.1 Å². The van der Waals surface area contributed by atoms with Gasteiger partial charge in [-0.2, -0.15) is 0 Å². The van der Waals surface area contributed by atoms with E-state index in [1.807, 2.05) is 18.2 Å². The lowest BCUT2D eigenvalue weighted by Crippen LogP contribution is -2.25. The van der Waals surface area contributed by atoms with Crippen molar-refractivity contribution >= 4 is 0 Å². The molecule has 1 aromatic carbocycles. The summed E-state index contributed by atoms with van der Waals surface area (Å²) < 4.78 is 11.1. The molecule has 102 valence electrons. The van der Waals surface area contributed by atoms with Crippen LogP contribution in [0.15, 0.2) is 30.3 Å². The van der Waals surface area contributed by atoms with Crippen LogP contribution < -0.4 is 0 Å². The molecule has 0 aliphatic rings. The van der Waals surface area contributed by atoms with Crippen molar-refractivity contribution in [1.82, 2.24) is 0 Å². The van der Waals surface area contributed by atoms with Gasteiger partial charge in [-0.1, -0.05) is 37.3 Å². The largest absolute Gasteiger partial charge is 0.373 e. The predicted octanol–water partition coefficient (Wildman–Crippen LogP) is 3.12. The number of ether oxygens (including phenoxy) is 2. The van der Waals surface area contributed by atoms with Crippen molar-refractivity contribution in [2.45, 2.75) is 52.1 Å². The average Bonchev–Trinajstić information content (AvgIpc) is 2.33. The highest BCUT2D eigenvalue weighted by Crippen LogP contribution is 2.11. The third-order valence-electron chi connectivity index (χ3n) is 2.68. The lowest BCUT2D eigenvalue weighted by atomic mass is 10.2. The molecule has 0 amide bonds. The van der Waals surface area contributed by atoms with Gasteiger partial charge in [-0.05, 0) is 32.3 Å². The lowest BCUT2D eigenvalue weighted by Gasteiger charge is -2.21. The van der Waals surface area contributed by atoms with Crippen LogP contribution in [0.2, 0.25) is 0 Å². The molecule has 1 N–H and O–H groups in total. The first-order valence-corrected chi connectivity index (χ1v) is 6.53. The summed E-state index contributed by atoms with van der Waals surface area (Å²) in [6.07, 6.45) is 1.92. The number of benzene rings is 1. The maximum atomic E-state index is 9.45. The molecule has 1 aromatic rings. The molecule has 3 heteroatoms. The normalized spacial score (nSPS) is 13.6. The van der Waals surface area contributed by atoms with Gasteiger partial charge in [-0.3, -0.25) is 0 Å². The molecule has 18 heavy (non-hydrogen) atoms. The molecule has 1 rings (SSSR count). The maximum absolute atomic E-state index is 9.45. The highest BCUT2D eigenvalue weighted by Gasteiger charge is 2.14. The van der Waals surface area contributed by atoms with E-state index in [4.69, 9.17) is 9.47 Å². The van der Waals surface area contributed by atoms with Gasteiger partial charge in [-0.25, -0.2) is 0 Å². The summed E-state index contributed by atoms with van der Waals surface area (Å²) in [6, 6.07) is 10.1. The van der Waals surface area contributed by atoms with E-state index in [1.54, 1.807) is 13.8 Å². The first kappa shape index (κ1) is 15.2. The SMILES string of the molecule is CCC(CCOC(C)(C)O)OCc1ccccc1. The van der Waals surface area contributed by atoms with E-state index in [0.717, 1.165) is 12.8 Å². The number of hydrogen-bond acceptors (Lipinski definition) is 3. The van der Waals surface area contributed by atoms with Crippen LogP contribution in [0.3, 0.4) is 0 Å². The van der Waals surface area contributed by atoms with Crippen LogP contribution in [-0.4, -0.2) is 23.6 Å². The zero-order valence-electron chi connectivity index (χ0n) is 11.6. The van der Waals surface area contributed by atoms with Gasteiger partial charge in [-0.15, -0.1) is 0 Å². The summed E-state index contributed by atoms with van der Waals surface area (Å²) in [7, 11) is 0. The highest BCUT2D eigenvalue weighted by molar-refractivity contribution is 5.13. The second kappa shape index (κ2) is 7.52. The molecule has 0 aliphatic carbocycles. The van der Waals surface area contributed by atoms with E-state index in [1.165, 1.54) is 5.56 Å². The Balaban J connectivity index is 2.25. The molecule has 0 fully saturated rings.